The molecule has 0 aliphatic heterocycles. The Labute approximate surface area is 58.3 Å². The lowest BCUT2D eigenvalue weighted by Gasteiger charge is -1.92. The molecular weight excluding hydrogens is 132 g/mol. The maximum Gasteiger partial charge on any atom is 0.125 e. The summed E-state index contributed by atoms with van der Waals surface area (Å²) < 4.78 is 0. The molecular formula is C7H8OS. The Kier molecular flexibility index (Phi) is 1.58. The Hall–Kier alpha value is -0.760. The van der Waals surface area contributed by atoms with E-state index in [2.05, 4.69) is 6.58 Å². The van der Waals surface area contributed by atoms with Crippen LogP contribution >= 0.6 is 11.3 Å². The number of hydrogen-bond donors (Lipinski definition) is 1. The van der Waals surface area contributed by atoms with Crippen molar-refractivity contribution < 1.29 is 5.11 Å². The zero-order valence-corrected chi connectivity index (χ0v) is 6.03. The van der Waals surface area contributed by atoms with Crippen molar-refractivity contribution >= 4 is 17.1 Å². The number of rotatable bonds is 1. The lowest BCUT2D eigenvalue weighted by atomic mass is 10.3. The summed E-state index contributed by atoms with van der Waals surface area (Å²) in [7, 11) is 0. The van der Waals surface area contributed by atoms with Crippen LogP contribution in [0.5, 0.6) is 0 Å². The van der Waals surface area contributed by atoms with Crippen LogP contribution in [0.3, 0.4) is 0 Å². The van der Waals surface area contributed by atoms with E-state index in [1.54, 1.807) is 0 Å². The Morgan fingerprint density at radius 1 is 1.78 bits per heavy atom. The Bertz CT molecular complexity index is 225. The molecule has 0 amide bonds. The van der Waals surface area contributed by atoms with Crippen LogP contribution in [0.25, 0.3) is 5.76 Å². The molecule has 2 heteroatoms. The molecule has 0 bridgehead atoms. The average molecular weight is 140 g/mol. The minimum atomic E-state index is 0.169. The molecule has 0 aliphatic carbocycles. The normalized spacial score (nSPS) is 9.44. The molecule has 1 nitrogen and oxygen atoms in total. The number of aryl methyl sites for hydroxylation is 1. The molecule has 1 aromatic rings. The molecule has 0 fully saturated rings. The van der Waals surface area contributed by atoms with Crippen molar-refractivity contribution in [3.63, 3.8) is 0 Å². The predicted molar refractivity (Wildman–Crippen MR) is 40.7 cm³/mol. The molecule has 1 rings (SSSR count). The first-order valence-corrected chi connectivity index (χ1v) is 3.52. The van der Waals surface area contributed by atoms with Crippen LogP contribution in [-0.2, 0) is 0 Å². The van der Waals surface area contributed by atoms with Crippen LogP contribution in [0.2, 0.25) is 0 Å². The highest BCUT2D eigenvalue weighted by Gasteiger charge is 1.99. The second kappa shape index (κ2) is 2.23. The molecule has 0 aromatic carbocycles. The van der Waals surface area contributed by atoms with Crippen LogP contribution in [0.4, 0.5) is 0 Å². The first-order valence-electron chi connectivity index (χ1n) is 2.64. The van der Waals surface area contributed by atoms with Gasteiger partial charge in [0, 0.05) is 0 Å². The predicted octanol–water partition coefficient (Wildman–Crippen LogP) is 2.59. The molecule has 0 saturated heterocycles. The Morgan fingerprint density at radius 2 is 2.44 bits per heavy atom. The molecule has 1 N–H and O–H groups in total. The van der Waals surface area contributed by atoms with Gasteiger partial charge in [-0.1, -0.05) is 6.58 Å². The molecule has 0 spiro atoms. The van der Waals surface area contributed by atoms with E-state index < -0.39 is 0 Å². The number of aliphatic hydroxyl groups is 1. The fraction of sp³-hybridized carbons (Fsp3) is 0.143. The summed E-state index contributed by atoms with van der Waals surface area (Å²) in [6.07, 6.45) is 0. The van der Waals surface area contributed by atoms with E-state index in [0.717, 1.165) is 10.4 Å². The van der Waals surface area contributed by atoms with Gasteiger partial charge in [-0.25, -0.2) is 0 Å². The van der Waals surface area contributed by atoms with E-state index in [0.29, 0.717) is 0 Å². The smallest absolute Gasteiger partial charge is 0.125 e. The van der Waals surface area contributed by atoms with Crippen LogP contribution < -0.4 is 0 Å². The highest BCUT2D eigenvalue weighted by molar-refractivity contribution is 7.11. The van der Waals surface area contributed by atoms with Crippen LogP contribution in [0.15, 0.2) is 18.0 Å². The lowest BCUT2D eigenvalue weighted by molar-refractivity contribution is 0.515. The van der Waals surface area contributed by atoms with Gasteiger partial charge < -0.3 is 5.11 Å². The van der Waals surface area contributed by atoms with Gasteiger partial charge >= 0.3 is 0 Å². The molecule has 0 radical (unpaired) electrons. The Balaban J connectivity index is 3.08. The minimum Gasteiger partial charge on any atom is -0.507 e. The first-order chi connectivity index (χ1) is 4.22. The molecule has 0 atom stereocenters. The van der Waals surface area contributed by atoms with Gasteiger partial charge in [0.25, 0.3) is 0 Å². The van der Waals surface area contributed by atoms with Crippen LogP contribution in [-0.4, -0.2) is 5.11 Å². The number of hydrogen-bond acceptors (Lipinski definition) is 2. The molecule has 0 aliphatic rings. The maximum absolute atomic E-state index is 8.91. The van der Waals surface area contributed by atoms with Crippen molar-refractivity contribution in [3.8, 4) is 0 Å². The van der Waals surface area contributed by atoms with Gasteiger partial charge in [-0.2, -0.15) is 0 Å². The second-order valence-electron chi connectivity index (χ2n) is 1.88. The van der Waals surface area contributed by atoms with Crippen molar-refractivity contribution in [2.24, 2.45) is 0 Å². The quantitative estimate of drug-likeness (QED) is 0.594. The van der Waals surface area contributed by atoms with E-state index in [1.807, 2.05) is 18.4 Å². The fourth-order valence-corrected chi connectivity index (χ4v) is 1.47. The summed E-state index contributed by atoms with van der Waals surface area (Å²) >= 11 is 1.51. The summed E-state index contributed by atoms with van der Waals surface area (Å²) in [6, 6.07) is 1.96. The molecule has 48 valence electrons. The Morgan fingerprint density at radius 3 is 2.67 bits per heavy atom. The third-order valence-corrected chi connectivity index (χ3v) is 2.19. The summed E-state index contributed by atoms with van der Waals surface area (Å²) in [5.41, 5.74) is 1.09. The van der Waals surface area contributed by atoms with E-state index in [-0.39, 0.29) is 5.76 Å². The van der Waals surface area contributed by atoms with E-state index in [4.69, 9.17) is 5.11 Å². The third-order valence-electron chi connectivity index (χ3n) is 1.12. The van der Waals surface area contributed by atoms with Crippen LogP contribution in [0.1, 0.15) is 10.4 Å². The highest BCUT2D eigenvalue weighted by atomic mass is 32.1. The largest absolute Gasteiger partial charge is 0.507 e. The van der Waals surface area contributed by atoms with Crippen LogP contribution in [0, 0.1) is 6.92 Å². The van der Waals surface area contributed by atoms with Gasteiger partial charge in [0.15, 0.2) is 0 Å². The van der Waals surface area contributed by atoms with Gasteiger partial charge in [0.05, 0.1) is 4.88 Å². The van der Waals surface area contributed by atoms with Gasteiger partial charge in [-0.15, -0.1) is 11.3 Å². The molecule has 0 unspecified atom stereocenters. The summed E-state index contributed by atoms with van der Waals surface area (Å²) in [4.78, 5) is 0.884. The van der Waals surface area contributed by atoms with Gasteiger partial charge in [-0.05, 0) is 23.9 Å². The van der Waals surface area contributed by atoms with Gasteiger partial charge in [-0.3, -0.25) is 0 Å². The summed E-state index contributed by atoms with van der Waals surface area (Å²) in [5, 5.41) is 10.8. The monoisotopic (exact) mass is 140 g/mol. The van der Waals surface area contributed by atoms with E-state index in [9.17, 15) is 0 Å². The lowest BCUT2D eigenvalue weighted by Crippen LogP contribution is -1.75. The third kappa shape index (κ3) is 1.13. The van der Waals surface area contributed by atoms with E-state index in [1.165, 1.54) is 11.3 Å². The van der Waals surface area contributed by atoms with Crippen molar-refractivity contribution in [1.82, 2.24) is 0 Å². The molecule has 9 heavy (non-hydrogen) atoms. The molecule has 1 heterocycles. The van der Waals surface area contributed by atoms with Crippen molar-refractivity contribution in [2.45, 2.75) is 6.92 Å². The minimum absolute atomic E-state index is 0.169. The highest BCUT2D eigenvalue weighted by Crippen LogP contribution is 2.20. The summed E-state index contributed by atoms with van der Waals surface area (Å²) in [6.45, 7) is 5.38. The maximum atomic E-state index is 8.91. The van der Waals surface area contributed by atoms with Gasteiger partial charge in [0.1, 0.15) is 5.76 Å². The molecule has 1 aromatic heterocycles. The zero-order valence-electron chi connectivity index (χ0n) is 5.22. The van der Waals surface area contributed by atoms with Crippen molar-refractivity contribution in [2.75, 3.05) is 0 Å². The van der Waals surface area contributed by atoms with E-state index >= 15 is 0 Å². The number of thiophene rings is 1. The fourth-order valence-electron chi connectivity index (χ4n) is 0.668. The first kappa shape index (κ1) is 6.36. The second-order valence-corrected chi connectivity index (χ2v) is 2.80. The van der Waals surface area contributed by atoms with Gasteiger partial charge in [0.2, 0.25) is 0 Å². The van der Waals surface area contributed by atoms with Crippen molar-refractivity contribution in [1.29, 1.82) is 0 Å². The topological polar surface area (TPSA) is 20.2 Å². The SMILES string of the molecule is C=C(O)c1sccc1C. The standard InChI is InChI=1S/C7H8OS/c1-5-3-4-9-7(5)6(2)8/h3-4,8H,2H2,1H3. The molecule has 0 saturated carbocycles. The zero-order chi connectivity index (χ0) is 6.85. The average Bonchev–Trinajstić information content (AvgIpc) is 2.13. The summed E-state index contributed by atoms with van der Waals surface area (Å²) in [5.74, 6) is 0.169. The van der Waals surface area contributed by atoms with Crippen molar-refractivity contribution in [3.05, 3.63) is 28.5 Å². The number of aliphatic hydroxyl groups excluding tert-OH is 1.